The van der Waals surface area contributed by atoms with Crippen molar-refractivity contribution in [3.8, 4) is 0 Å². The van der Waals surface area contributed by atoms with Crippen molar-refractivity contribution in [2.24, 2.45) is 0 Å². The van der Waals surface area contributed by atoms with Crippen LogP contribution in [0.1, 0.15) is 26.7 Å². The van der Waals surface area contributed by atoms with Gasteiger partial charge in [-0.3, -0.25) is 0 Å². The van der Waals surface area contributed by atoms with Gasteiger partial charge in [-0.25, -0.2) is 0 Å². The quantitative estimate of drug-likeness (QED) is 0.697. The molecule has 0 aliphatic rings. The average molecular weight is 307 g/mol. The second kappa shape index (κ2) is 30.3. The van der Waals surface area contributed by atoms with E-state index < -0.39 is 0 Å². The molecule has 0 aliphatic heterocycles. The minimum absolute atomic E-state index is 0. The van der Waals surface area contributed by atoms with Gasteiger partial charge in [0, 0.05) is 34.9 Å². The SMILES string of the molecule is CCCCO.CCO.[BaH2].[Ti]. The molecule has 0 aromatic heterocycles. The van der Waals surface area contributed by atoms with E-state index in [-0.39, 0.29) is 77.2 Å². The predicted molar refractivity (Wildman–Crippen MR) is 43.3 cm³/mol. The summed E-state index contributed by atoms with van der Waals surface area (Å²) in [5.41, 5.74) is 0. The predicted octanol–water partition coefficient (Wildman–Crippen LogP) is -0.141. The summed E-state index contributed by atoms with van der Waals surface area (Å²) >= 11 is 0. The summed E-state index contributed by atoms with van der Waals surface area (Å²) in [6, 6.07) is 0. The minimum Gasteiger partial charge on any atom is 0 e. The molecule has 0 fully saturated rings. The van der Waals surface area contributed by atoms with Gasteiger partial charge in [0.25, 0.3) is 0 Å². The Morgan fingerprint density at radius 3 is 1.40 bits per heavy atom. The third-order valence-corrected chi connectivity index (χ3v) is 0.512. The van der Waals surface area contributed by atoms with Gasteiger partial charge in [-0.1, -0.05) is 13.3 Å². The maximum atomic E-state index is 8.07. The number of rotatable bonds is 2. The maximum absolute atomic E-state index is 8.07. The molecule has 4 heteroatoms. The molecule has 0 aromatic rings. The van der Waals surface area contributed by atoms with Crippen molar-refractivity contribution in [1.82, 2.24) is 0 Å². The first-order chi connectivity index (χ1) is 3.83. The fourth-order valence-electron chi connectivity index (χ4n) is 0.158. The van der Waals surface area contributed by atoms with E-state index in [2.05, 4.69) is 6.92 Å². The van der Waals surface area contributed by atoms with Crippen LogP contribution in [0.2, 0.25) is 0 Å². The van der Waals surface area contributed by atoms with Crippen LogP contribution >= 0.6 is 0 Å². The van der Waals surface area contributed by atoms with Gasteiger partial charge in [0.15, 0.2) is 0 Å². The molecule has 2 N–H and O–H groups in total. The van der Waals surface area contributed by atoms with Crippen molar-refractivity contribution in [3.05, 3.63) is 0 Å². The van der Waals surface area contributed by atoms with Gasteiger partial charge < -0.3 is 10.2 Å². The Morgan fingerprint density at radius 2 is 1.40 bits per heavy atom. The average Bonchev–Trinajstić information content (AvgIpc) is 1.71. The van der Waals surface area contributed by atoms with Crippen LogP contribution in [0.15, 0.2) is 0 Å². The molecule has 0 bridgehead atoms. The van der Waals surface area contributed by atoms with Crippen LogP contribution in [0.3, 0.4) is 0 Å². The smallest absolute Gasteiger partial charge is 0 e. The van der Waals surface area contributed by atoms with Crippen molar-refractivity contribution in [3.63, 3.8) is 0 Å². The van der Waals surface area contributed by atoms with Crippen LogP contribution in [0.4, 0.5) is 0 Å². The molecule has 0 aliphatic carbocycles. The Balaban J connectivity index is -0.0000000326. The Bertz CT molecular complexity index is 29.7. The summed E-state index contributed by atoms with van der Waals surface area (Å²) in [6.07, 6.45) is 2.04. The number of hydrogen-bond donors (Lipinski definition) is 2. The summed E-state index contributed by atoms with van der Waals surface area (Å²) in [7, 11) is 0. The number of hydrogen-bond acceptors (Lipinski definition) is 2. The molecule has 0 saturated carbocycles. The van der Waals surface area contributed by atoms with Gasteiger partial charge in [-0.2, -0.15) is 0 Å². The van der Waals surface area contributed by atoms with E-state index in [0.29, 0.717) is 6.61 Å². The van der Waals surface area contributed by atoms with Crippen LogP contribution < -0.4 is 0 Å². The second-order valence-corrected chi connectivity index (χ2v) is 1.39. The minimum atomic E-state index is 0. The van der Waals surface area contributed by atoms with Crippen LogP contribution in [-0.4, -0.2) is 72.3 Å². The first-order valence-corrected chi connectivity index (χ1v) is 3.05. The number of unbranched alkanes of at least 4 members (excludes halogenated alkanes) is 1. The van der Waals surface area contributed by atoms with Crippen molar-refractivity contribution in [2.45, 2.75) is 26.7 Å². The number of aliphatic hydroxyl groups is 2. The molecule has 0 rings (SSSR count). The van der Waals surface area contributed by atoms with Crippen LogP contribution in [0, 0.1) is 0 Å². The van der Waals surface area contributed by atoms with Gasteiger partial charge >= 0.3 is 48.9 Å². The number of aliphatic hydroxyl groups excluding tert-OH is 2. The van der Waals surface area contributed by atoms with Gasteiger partial charge in [-0.05, 0) is 13.3 Å². The van der Waals surface area contributed by atoms with E-state index in [1.165, 1.54) is 0 Å². The van der Waals surface area contributed by atoms with Gasteiger partial charge in [0.2, 0.25) is 0 Å². The van der Waals surface area contributed by atoms with Gasteiger partial charge in [0.05, 0.1) is 0 Å². The molecule has 0 spiro atoms. The summed E-state index contributed by atoms with van der Waals surface area (Å²) < 4.78 is 0. The van der Waals surface area contributed by atoms with Crippen LogP contribution in [0.25, 0.3) is 0 Å². The molecular weight excluding hydrogens is 289 g/mol. The topological polar surface area (TPSA) is 40.5 Å². The maximum Gasteiger partial charge on any atom is 0 e. The van der Waals surface area contributed by atoms with Crippen molar-refractivity contribution >= 4 is 48.9 Å². The van der Waals surface area contributed by atoms with Gasteiger partial charge in [-0.15, -0.1) is 0 Å². The van der Waals surface area contributed by atoms with E-state index in [1.54, 1.807) is 6.92 Å². The van der Waals surface area contributed by atoms with E-state index in [4.69, 9.17) is 10.2 Å². The molecular formula is C6H18BaO2Ti. The fourth-order valence-corrected chi connectivity index (χ4v) is 0.158. The molecule has 0 aromatic carbocycles. The van der Waals surface area contributed by atoms with Crippen LogP contribution in [0.5, 0.6) is 0 Å². The van der Waals surface area contributed by atoms with Crippen molar-refractivity contribution in [1.29, 1.82) is 0 Å². The summed E-state index contributed by atoms with van der Waals surface area (Å²) in [5.74, 6) is 0. The molecule has 0 atom stereocenters. The third kappa shape index (κ3) is 48.9. The fraction of sp³-hybridized carbons (Fsp3) is 1.00. The van der Waals surface area contributed by atoms with Crippen molar-refractivity contribution in [2.75, 3.05) is 13.2 Å². The van der Waals surface area contributed by atoms with E-state index in [9.17, 15) is 0 Å². The Kier molecular flexibility index (Phi) is 69.0. The molecule has 0 radical (unpaired) electrons. The summed E-state index contributed by atoms with van der Waals surface area (Å²) in [6.45, 7) is 4.33. The second-order valence-electron chi connectivity index (χ2n) is 1.39. The van der Waals surface area contributed by atoms with E-state index in [1.807, 2.05) is 0 Å². The zero-order valence-corrected chi connectivity index (χ0v) is 7.78. The molecule has 2 nitrogen and oxygen atoms in total. The third-order valence-electron chi connectivity index (χ3n) is 0.512. The molecule has 0 unspecified atom stereocenters. The van der Waals surface area contributed by atoms with E-state index in [0.717, 1.165) is 12.8 Å². The summed E-state index contributed by atoms with van der Waals surface area (Å²) in [4.78, 5) is 0. The monoisotopic (exact) mass is 308 g/mol. The Morgan fingerprint density at radius 1 is 1.10 bits per heavy atom. The first kappa shape index (κ1) is 22.8. The zero-order chi connectivity index (χ0) is 6.83. The zero-order valence-electron chi connectivity index (χ0n) is 6.22. The molecule has 60 valence electrons. The molecule has 10 heavy (non-hydrogen) atoms. The molecule has 0 heterocycles. The molecule has 0 amide bonds. The Hall–Kier alpha value is 2.21. The van der Waals surface area contributed by atoms with Gasteiger partial charge in [0.1, 0.15) is 0 Å². The van der Waals surface area contributed by atoms with Crippen molar-refractivity contribution < 1.29 is 31.9 Å². The Labute approximate surface area is 119 Å². The first-order valence-electron chi connectivity index (χ1n) is 3.05. The molecule has 0 saturated heterocycles. The normalized spacial score (nSPS) is 6.00. The van der Waals surface area contributed by atoms with Crippen LogP contribution in [-0.2, 0) is 21.7 Å². The largest absolute Gasteiger partial charge is 0 e. The van der Waals surface area contributed by atoms with E-state index >= 15 is 0 Å². The standard InChI is InChI=1S/C4H10O.C2H6O.Ba.Ti.2H/c1-2-3-4-5;1-2-3;;;;/h5H,2-4H2,1H3;3H,2H2,1H3;;;;. The summed E-state index contributed by atoms with van der Waals surface area (Å²) in [5, 5.41) is 15.6.